The minimum atomic E-state index is -2.95. The smallest absolute Gasteiger partial charge is 0.284 e. The van der Waals surface area contributed by atoms with Crippen molar-refractivity contribution < 1.29 is 13.9 Å². The average Bonchev–Trinajstić information content (AvgIpc) is 2.36. The van der Waals surface area contributed by atoms with E-state index in [1.54, 1.807) is 0 Å². The van der Waals surface area contributed by atoms with Gasteiger partial charge in [0.1, 0.15) is 0 Å². The lowest BCUT2D eigenvalue weighted by molar-refractivity contribution is -0.0234. The van der Waals surface area contributed by atoms with E-state index in [1.807, 2.05) is 0 Å². The number of hydrogen-bond donors (Lipinski definition) is 1. The highest BCUT2D eigenvalue weighted by atomic mass is 35.5. The minimum absolute atomic E-state index is 0.0958. The van der Waals surface area contributed by atoms with Crippen LogP contribution >= 0.6 is 22.9 Å². The first-order chi connectivity index (χ1) is 5.56. The van der Waals surface area contributed by atoms with Crippen molar-refractivity contribution in [2.75, 3.05) is 6.61 Å². The highest BCUT2D eigenvalue weighted by Gasteiger charge is 2.32. The zero-order valence-corrected chi connectivity index (χ0v) is 7.63. The van der Waals surface area contributed by atoms with Gasteiger partial charge in [-0.05, 0) is 12.1 Å². The van der Waals surface area contributed by atoms with Crippen molar-refractivity contribution in [2.45, 2.75) is 12.3 Å². The van der Waals surface area contributed by atoms with Crippen LogP contribution in [-0.2, 0) is 5.92 Å². The van der Waals surface area contributed by atoms with Crippen molar-refractivity contribution in [3.63, 3.8) is 0 Å². The third kappa shape index (κ3) is 2.15. The molecule has 0 radical (unpaired) electrons. The summed E-state index contributed by atoms with van der Waals surface area (Å²) >= 11 is 6.33. The predicted octanol–water partition coefficient (Wildman–Crippen LogP) is 2.88. The van der Waals surface area contributed by atoms with Crippen LogP contribution in [0.4, 0.5) is 8.78 Å². The maximum absolute atomic E-state index is 13.0. The molecule has 12 heavy (non-hydrogen) atoms. The number of aliphatic hydroxyl groups excluding tert-OH is 1. The Morgan fingerprint density at radius 1 is 1.50 bits per heavy atom. The second kappa shape index (κ2) is 3.68. The molecule has 68 valence electrons. The molecule has 1 nitrogen and oxygen atoms in total. The summed E-state index contributed by atoms with van der Waals surface area (Å²) in [6.45, 7) is -0.525. The molecule has 1 rings (SSSR count). The molecule has 0 aliphatic carbocycles. The van der Waals surface area contributed by atoms with Gasteiger partial charge in [0.15, 0.2) is 0 Å². The molecule has 0 atom stereocenters. The van der Waals surface area contributed by atoms with Gasteiger partial charge in [0, 0.05) is 13.0 Å². The Morgan fingerprint density at radius 2 is 2.17 bits per heavy atom. The van der Waals surface area contributed by atoms with Crippen LogP contribution in [0.15, 0.2) is 12.1 Å². The van der Waals surface area contributed by atoms with Gasteiger partial charge in [-0.3, -0.25) is 0 Å². The van der Waals surface area contributed by atoms with Crippen molar-refractivity contribution in [2.24, 2.45) is 0 Å². The summed E-state index contributed by atoms with van der Waals surface area (Å²) in [4.78, 5) is -0.0958. The summed E-state index contributed by atoms with van der Waals surface area (Å²) in [5.74, 6) is -2.95. The molecule has 0 aliphatic heterocycles. The Morgan fingerprint density at radius 3 is 2.58 bits per heavy atom. The number of thiophene rings is 1. The molecule has 1 heterocycles. The molecule has 0 saturated heterocycles. The molecule has 5 heteroatoms. The Hall–Kier alpha value is -0.190. The normalized spacial score (nSPS) is 12.0. The van der Waals surface area contributed by atoms with Gasteiger partial charge in [-0.2, -0.15) is 0 Å². The van der Waals surface area contributed by atoms with E-state index in [9.17, 15) is 8.78 Å². The highest BCUT2D eigenvalue weighted by Crippen LogP contribution is 2.37. The molecule has 0 spiro atoms. The zero-order valence-electron chi connectivity index (χ0n) is 6.06. The van der Waals surface area contributed by atoms with Gasteiger partial charge in [-0.1, -0.05) is 11.6 Å². The first-order valence-electron chi connectivity index (χ1n) is 3.31. The van der Waals surface area contributed by atoms with Gasteiger partial charge in [0.25, 0.3) is 5.92 Å². The van der Waals surface area contributed by atoms with Crippen LogP contribution in [0, 0.1) is 0 Å². The Kier molecular flexibility index (Phi) is 3.04. The zero-order chi connectivity index (χ0) is 9.19. The second-order valence-corrected chi connectivity index (χ2v) is 4.00. The molecule has 0 bridgehead atoms. The lowest BCUT2D eigenvalue weighted by atomic mass is 10.2. The monoisotopic (exact) mass is 212 g/mol. The number of alkyl halides is 2. The Bertz CT molecular complexity index is 262. The summed E-state index contributed by atoms with van der Waals surface area (Å²) in [6.07, 6.45) is -0.552. The summed E-state index contributed by atoms with van der Waals surface area (Å²) < 4.78 is 26.3. The van der Waals surface area contributed by atoms with Crippen LogP contribution in [0.3, 0.4) is 0 Å². The first kappa shape index (κ1) is 9.89. The van der Waals surface area contributed by atoms with Crippen LogP contribution in [0.25, 0.3) is 0 Å². The van der Waals surface area contributed by atoms with Crippen LogP contribution in [-0.4, -0.2) is 11.7 Å². The Labute approximate surface area is 77.6 Å². The van der Waals surface area contributed by atoms with Gasteiger partial charge >= 0.3 is 0 Å². The summed E-state index contributed by atoms with van der Waals surface area (Å²) in [6, 6.07) is 2.70. The second-order valence-electron chi connectivity index (χ2n) is 2.28. The van der Waals surface area contributed by atoms with E-state index < -0.39 is 19.0 Å². The molecule has 0 aliphatic rings. The summed E-state index contributed by atoms with van der Waals surface area (Å²) in [5.41, 5.74) is 0. The van der Waals surface area contributed by atoms with Crippen LogP contribution in [0.5, 0.6) is 0 Å². The van der Waals surface area contributed by atoms with Gasteiger partial charge in [0.05, 0.1) is 9.21 Å². The maximum atomic E-state index is 13.0. The molecule has 1 aromatic rings. The maximum Gasteiger partial charge on any atom is 0.284 e. The van der Waals surface area contributed by atoms with Gasteiger partial charge in [-0.15, -0.1) is 11.3 Å². The molecule has 0 amide bonds. The molecule has 0 fully saturated rings. The topological polar surface area (TPSA) is 20.2 Å². The minimum Gasteiger partial charge on any atom is -0.396 e. The first-order valence-corrected chi connectivity index (χ1v) is 4.50. The molecule has 1 aromatic heterocycles. The third-order valence-electron chi connectivity index (χ3n) is 1.36. The van der Waals surface area contributed by atoms with Gasteiger partial charge in [-0.25, -0.2) is 8.78 Å². The van der Waals surface area contributed by atoms with Crippen LogP contribution in [0.1, 0.15) is 11.3 Å². The Balaban J connectivity index is 2.81. The molecule has 0 saturated carbocycles. The van der Waals surface area contributed by atoms with E-state index in [2.05, 4.69) is 0 Å². The molecular formula is C7H7ClF2OS. The molecule has 1 N–H and O–H groups in total. The summed E-state index contributed by atoms with van der Waals surface area (Å²) in [5, 5.41) is 8.36. The van der Waals surface area contributed by atoms with E-state index in [1.165, 1.54) is 12.1 Å². The largest absolute Gasteiger partial charge is 0.396 e. The molecule has 0 unspecified atom stereocenters. The standard InChI is InChI=1S/C7H7ClF2OS/c8-6-2-1-5(12-6)7(9,10)3-4-11/h1-2,11H,3-4H2. The SMILES string of the molecule is OCCC(F)(F)c1ccc(Cl)s1. The third-order valence-corrected chi connectivity index (χ3v) is 2.70. The van der Waals surface area contributed by atoms with Crippen molar-refractivity contribution in [1.29, 1.82) is 0 Å². The molecular weight excluding hydrogens is 206 g/mol. The fourth-order valence-electron chi connectivity index (χ4n) is 0.774. The average molecular weight is 213 g/mol. The fraction of sp³-hybridized carbons (Fsp3) is 0.429. The number of hydrogen-bond acceptors (Lipinski definition) is 2. The van der Waals surface area contributed by atoms with Crippen LogP contribution in [0.2, 0.25) is 4.34 Å². The number of aliphatic hydroxyl groups is 1. The van der Waals surface area contributed by atoms with E-state index in [0.29, 0.717) is 4.34 Å². The lowest BCUT2D eigenvalue weighted by Crippen LogP contribution is -2.13. The summed E-state index contributed by atoms with van der Waals surface area (Å²) in [7, 11) is 0. The van der Waals surface area contributed by atoms with E-state index in [-0.39, 0.29) is 4.88 Å². The van der Waals surface area contributed by atoms with Crippen molar-refractivity contribution in [3.05, 3.63) is 21.3 Å². The van der Waals surface area contributed by atoms with Crippen LogP contribution < -0.4 is 0 Å². The van der Waals surface area contributed by atoms with E-state index in [0.717, 1.165) is 11.3 Å². The van der Waals surface area contributed by atoms with Crippen molar-refractivity contribution >= 4 is 22.9 Å². The van der Waals surface area contributed by atoms with E-state index >= 15 is 0 Å². The van der Waals surface area contributed by atoms with Crippen molar-refractivity contribution in [3.8, 4) is 0 Å². The predicted molar refractivity (Wildman–Crippen MR) is 44.9 cm³/mol. The van der Waals surface area contributed by atoms with E-state index in [4.69, 9.17) is 16.7 Å². The number of halogens is 3. The molecule has 0 aromatic carbocycles. The highest BCUT2D eigenvalue weighted by molar-refractivity contribution is 7.16. The fourth-order valence-corrected chi connectivity index (χ4v) is 1.82. The van der Waals surface area contributed by atoms with Gasteiger partial charge < -0.3 is 5.11 Å². The number of rotatable bonds is 3. The quantitative estimate of drug-likeness (QED) is 0.817. The van der Waals surface area contributed by atoms with Gasteiger partial charge in [0.2, 0.25) is 0 Å². The van der Waals surface area contributed by atoms with Crippen molar-refractivity contribution in [1.82, 2.24) is 0 Å². The lowest BCUT2D eigenvalue weighted by Gasteiger charge is -2.11.